The molecule has 0 saturated heterocycles. The van der Waals surface area contributed by atoms with Gasteiger partial charge in [-0.05, 0) is 25.0 Å². The Hall–Kier alpha value is -2.18. The molecule has 0 radical (unpaired) electrons. The van der Waals surface area contributed by atoms with E-state index < -0.39 is 12.0 Å². The Labute approximate surface area is 132 Å². The summed E-state index contributed by atoms with van der Waals surface area (Å²) in [5.74, 6) is -0.826. The molecule has 4 N–H and O–H groups in total. The molecule has 5 nitrogen and oxygen atoms in total. The van der Waals surface area contributed by atoms with Gasteiger partial charge in [0.25, 0.3) is 5.91 Å². The highest BCUT2D eigenvalue weighted by molar-refractivity contribution is 7.12. The van der Waals surface area contributed by atoms with Gasteiger partial charge in [-0.25, -0.2) is 0 Å². The summed E-state index contributed by atoms with van der Waals surface area (Å²) in [4.78, 5) is 23.5. The number of aliphatic hydroxyl groups is 1. The zero-order chi connectivity index (χ0) is 16.1. The first-order valence-electron chi connectivity index (χ1n) is 6.89. The lowest BCUT2D eigenvalue weighted by Crippen LogP contribution is -2.33. The van der Waals surface area contributed by atoms with Crippen molar-refractivity contribution in [1.29, 1.82) is 0 Å². The van der Waals surface area contributed by atoms with Gasteiger partial charge in [0.05, 0.1) is 16.5 Å². The second kappa shape index (κ2) is 7.20. The zero-order valence-corrected chi connectivity index (χ0v) is 13.0. The fourth-order valence-electron chi connectivity index (χ4n) is 2.08. The molecule has 2 amide bonds. The number of carbonyl (C=O) groups excluding carboxylic acids is 2. The summed E-state index contributed by atoms with van der Waals surface area (Å²) >= 11 is 1.17. The predicted molar refractivity (Wildman–Crippen MR) is 85.8 cm³/mol. The highest BCUT2D eigenvalue weighted by Crippen LogP contribution is 2.19. The quantitative estimate of drug-likeness (QED) is 0.761. The maximum Gasteiger partial charge on any atom is 0.261 e. The van der Waals surface area contributed by atoms with Crippen LogP contribution in [-0.4, -0.2) is 23.0 Å². The third-order valence-corrected chi connectivity index (χ3v) is 4.18. The van der Waals surface area contributed by atoms with Crippen LogP contribution >= 0.6 is 11.3 Å². The molecular formula is C16H18N2O3S. The maximum atomic E-state index is 12.1. The van der Waals surface area contributed by atoms with Gasteiger partial charge in [0.15, 0.2) is 0 Å². The Morgan fingerprint density at radius 1 is 1.32 bits per heavy atom. The Morgan fingerprint density at radius 3 is 2.59 bits per heavy atom. The molecule has 0 aliphatic rings. The van der Waals surface area contributed by atoms with Crippen LogP contribution in [0, 0.1) is 0 Å². The number of aliphatic hydroxyl groups excluding tert-OH is 1. The smallest absolute Gasteiger partial charge is 0.261 e. The number of nitrogens with two attached hydrogens (primary N) is 1. The molecule has 2 unspecified atom stereocenters. The van der Waals surface area contributed by atoms with E-state index in [-0.39, 0.29) is 11.9 Å². The first kappa shape index (κ1) is 16.2. The number of hydrogen-bond donors (Lipinski definition) is 3. The molecule has 0 fully saturated rings. The highest BCUT2D eigenvalue weighted by atomic mass is 32.1. The number of carbonyl (C=O) groups is 2. The molecule has 0 bridgehead atoms. The number of rotatable bonds is 6. The lowest BCUT2D eigenvalue weighted by molar-refractivity contribution is 0.0921. The molecule has 6 heteroatoms. The maximum absolute atomic E-state index is 12.1. The molecule has 0 saturated carbocycles. The van der Waals surface area contributed by atoms with E-state index >= 15 is 0 Å². The van der Waals surface area contributed by atoms with Crippen molar-refractivity contribution < 1.29 is 14.7 Å². The van der Waals surface area contributed by atoms with E-state index in [9.17, 15) is 14.7 Å². The van der Waals surface area contributed by atoms with Gasteiger partial charge in [-0.3, -0.25) is 9.59 Å². The molecule has 1 aromatic heterocycles. The molecule has 2 aromatic rings. The highest BCUT2D eigenvalue weighted by Gasteiger charge is 2.17. The van der Waals surface area contributed by atoms with Gasteiger partial charge in [-0.1, -0.05) is 30.3 Å². The van der Waals surface area contributed by atoms with E-state index in [4.69, 9.17) is 5.73 Å². The number of primary amides is 1. The van der Waals surface area contributed by atoms with Gasteiger partial charge in [-0.15, -0.1) is 11.3 Å². The van der Waals surface area contributed by atoms with Gasteiger partial charge in [0.1, 0.15) is 0 Å². The summed E-state index contributed by atoms with van der Waals surface area (Å²) in [6.45, 7) is 1.83. The summed E-state index contributed by atoms with van der Waals surface area (Å²) in [5.41, 5.74) is 6.30. The molecule has 0 aliphatic heterocycles. The topological polar surface area (TPSA) is 92.4 Å². The van der Waals surface area contributed by atoms with Crippen molar-refractivity contribution in [2.75, 3.05) is 0 Å². The van der Waals surface area contributed by atoms with Crippen LogP contribution < -0.4 is 11.1 Å². The monoisotopic (exact) mass is 318 g/mol. The summed E-state index contributed by atoms with van der Waals surface area (Å²) < 4.78 is 0. The van der Waals surface area contributed by atoms with Crippen LogP contribution in [0.2, 0.25) is 0 Å². The van der Waals surface area contributed by atoms with E-state index in [0.717, 1.165) is 5.56 Å². The Kier molecular flexibility index (Phi) is 5.30. The van der Waals surface area contributed by atoms with Crippen LogP contribution in [0.1, 0.15) is 45.0 Å². The summed E-state index contributed by atoms with van der Waals surface area (Å²) in [6.07, 6.45) is -0.231. The van der Waals surface area contributed by atoms with Gasteiger partial charge in [0.2, 0.25) is 5.91 Å². The minimum Gasteiger partial charge on any atom is -0.388 e. The minimum atomic E-state index is -0.638. The zero-order valence-electron chi connectivity index (χ0n) is 12.2. The molecule has 1 aromatic carbocycles. The van der Waals surface area contributed by atoms with Crippen LogP contribution in [0.15, 0.2) is 41.8 Å². The largest absolute Gasteiger partial charge is 0.388 e. The van der Waals surface area contributed by atoms with Crippen molar-refractivity contribution in [3.63, 3.8) is 0 Å². The average molecular weight is 318 g/mol. The predicted octanol–water partition coefficient (Wildman–Crippen LogP) is 2.09. The van der Waals surface area contributed by atoms with Crippen molar-refractivity contribution in [1.82, 2.24) is 5.32 Å². The molecule has 116 valence electrons. The standard InChI is InChI=1S/C16H18N2O3S/c1-10(7-13(19)11-5-3-2-4-6-11)18-16(21)14-8-12(9-22-14)15(17)20/h2-6,8-10,13,19H,7H2,1H3,(H2,17,20)(H,18,21). The molecule has 22 heavy (non-hydrogen) atoms. The van der Waals surface area contributed by atoms with Gasteiger partial charge >= 0.3 is 0 Å². The van der Waals surface area contributed by atoms with Gasteiger partial charge < -0.3 is 16.2 Å². The fourth-order valence-corrected chi connectivity index (χ4v) is 2.88. The molecule has 0 aliphatic carbocycles. The molecule has 0 spiro atoms. The van der Waals surface area contributed by atoms with Crippen molar-refractivity contribution in [3.8, 4) is 0 Å². The van der Waals surface area contributed by atoms with E-state index in [1.54, 1.807) is 5.38 Å². The lowest BCUT2D eigenvalue weighted by atomic mass is 10.0. The molecule has 2 rings (SSSR count). The van der Waals surface area contributed by atoms with Crippen molar-refractivity contribution >= 4 is 23.2 Å². The first-order chi connectivity index (χ1) is 10.5. The number of thiophene rings is 1. The third-order valence-electron chi connectivity index (χ3n) is 3.25. The van der Waals surface area contributed by atoms with E-state index in [2.05, 4.69) is 5.32 Å². The fraction of sp³-hybridized carbons (Fsp3) is 0.250. The number of hydrogen-bond acceptors (Lipinski definition) is 4. The van der Waals surface area contributed by atoms with Crippen LogP contribution in [0.5, 0.6) is 0 Å². The van der Waals surface area contributed by atoms with Crippen LogP contribution in [-0.2, 0) is 0 Å². The van der Waals surface area contributed by atoms with E-state index in [1.165, 1.54) is 17.4 Å². The normalized spacial score (nSPS) is 13.4. The molecular weight excluding hydrogens is 300 g/mol. The molecule has 1 heterocycles. The first-order valence-corrected chi connectivity index (χ1v) is 7.77. The van der Waals surface area contributed by atoms with Crippen LogP contribution in [0.3, 0.4) is 0 Å². The SMILES string of the molecule is CC(CC(O)c1ccccc1)NC(=O)c1cc(C(N)=O)cs1. The van der Waals surface area contributed by atoms with Gasteiger partial charge in [0, 0.05) is 11.4 Å². The lowest BCUT2D eigenvalue weighted by Gasteiger charge is -2.17. The second-order valence-electron chi connectivity index (χ2n) is 5.10. The van der Waals surface area contributed by atoms with Crippen LogP contribution in [0.25, 0.3) is 0 Å². The van der Waals surface area contributed by atoms with Crippen molar-refractivity contribution in [2.45, 2.75) is 25.5 Å². The third kappa shape index (κ3) is 4.16. The Morgan fingerprint density at radius 2 is 2.00 bits per heavy atom. The van der Waals surface area contributed by atoms with Crippen molar-refractivity contribution in [3.05, 3.63) is 57.8 Å². The molecule has 2 atom stereocenters. The van der Waals surface area contributed by atoms with E-state index in [0.29, 0.717) is 16.9 Å². The summed E-state index contributed by atoms with van der Waals surface area (Å²) in [7, 11) is 0. The number of benzene rings is 1. The summed E-state index contributed by atoms with van der Waals surface area (Å²) in [5, 5.41) is 14.5. The number of nitrogens with one attached hydrogen (secondary N) is 1. The van der Waals surface area contributed by atoms with Crippen LogP contribution in [0.4, 0.5) is 0 Å². The Bertz CT molecular complexity index is 654. The Balaban J connectivity index is 1.92. The van der Waals surface area contributed by atoms with Crippen molar-refractivity contribution in [2.24, 2.45) is 5.73 Å². The number of amides is 2. The second-order valence-corrected chi connectivity index (χ2v) is 6.01. The van der Waals surface area contributed by atoms with Gasteiger partial charge in [-0.2, -0.15) is 0 Å². The van der Waals surface area contributed by atoms with E-state index in [1.807, 2.05) is 37.3 Å². The summed E-state index contributed by atoms with van der Waals surface area (Å²) in [6, 6.07) is 10.6. The average Bonchev–Trinajstić information content (AvgIpc) is 2.98. The minimum absolute atomic E-state index is 0.207.